The molecule has 15 heavy (non-hydrogen) atoms. The number of hydrogen-bond acceptors (Lipinski definition) is 3. The maximum Gasteiger partial charge on any atom is 0.323 e. The molecule has 2 atom stereocenters. The van der Waals surface area contributed by atoms with Crippen LogP contribution in [0, 0.1) is 5.41 Å². The first-order valence-corrected chi connectivity index (χ1v) is 5.75. The minimum atomic E-state index is -0.0825. The van der Waals surface area contributed by atoms with Crippen molar-refractivity contribution < 1.29 is 9.53 Å². The van der Waals surface area contributed by atoms with Gasteiger partial charge >= 0.3 is 5.97 Å². The lowest BCUT2D eigenvalue weighted by Crippen LogP contribution is -2.42. The summed E-state index contributed by atoms with van der Waals surface area (Å²) in [7, 11) is 1.47. The first kappa shape index (κ1) is 12.5. The van der Waals surface area contributed by atoms with Gasteiger partial charge in [-0.25, -0.2) is 0 Å². The van der Waals surface area contributed by atoms with E-state index in [1.54, 1.807) is 0 Å². The molecule has 0 amide bonds. The van der Waals surface area contributed by atoms with Crippen LogP contribution in [0.25, 0.3) is 0 Å². The number of ether oxygens (including phenoxy) is 1. The van der Waals surface area contributed by atoms with Crippen LogP contribution in [0.4, 0.5) is 0 Å². The van der Waals surface area contributed by atoms with Gasteiger partial charge in [-0.15, -0.1) is 0 Å². The Hall–Kier alpha value is -0.570. The average molecular weight is 213 g/mol. The first-order valence-electron chi connectivity index (χ1n) is 5.75. The third-order valence-corrected chi connectivity index (χ3v) is 3.39. The molecule has 3 heteroatoms. The summed E-state index contributed by atoms with van der Waals surface area (Å²) in [6.45, 7) is 9.75. The summed E-state index contributed by atoms with van der Waals surface area (Å²) in [4.78, 5) is 14.0. The van der Waals surface area contributed by atoms with Gasteiger partial charge in [0.25, 0.3) is 0 Å². The molecule has 0 bridgehead atoms. The Morgan fingerprint density at radius 3 is 2.67 bits per heavy atom. The van der Waals surface area contributed by atoms with Crippen LogP contribution in [0.15, 0.2) is 0 Å². The number of esters is 1. The number of nitrogens with zero attached hydrogens (tertiary/aromatic N) is 1. The first-order chi connectivity index (χ1) is 6.91. The van der Waals surface area contributed by atoms with Crippen molar-refractivity contribution in [2.75, 3.05) is 13.7 Å². The molecule has 0 aromatic rings. The third kappa shape index (κ3) is 2.71. The van der Waals surface area contributed by atoms with Crippen LogP contribution in [-0.2, 0) is 9.53 Å². The number of methoxy groups -OCH3 is 1. The zero-order chi connectivity index (χ0) is 11.6. The fourth-order valence-electron chi connectivity index (χ4n) is 2.36. The second-order valence-corrected chi connectivity index (χ2v) is 5.34. The Bertz CT molecular complexity index is 238. The monoisotopic (exact) mass is 213 g/mol. The van der Waals surface area contributed by atoms with E-state index in [1.165, 1.54) is 7.11 Å². The lowest BCUT2D eigenvalue weighted by atomic mass is 9.91. The topological polar surface area (TPSA) is 29.5 Å². The average Bonchev–Trinajstić information content (AvgIpc) is 2.52. The maximum absolute atomic E-state index is 11.7. The van der Waals surface area contributed by atoms with Crippen molar-refractivity contribution in [2.45, 2.75) is 52.6 Å². The molecule has 1 aliphatic rings. The van der Waals surface area contributed by atoms with Crippen molar-refractivity contribution >= 4 is 5.97 Å². The molecule has 1 heterocycles. The van der Waals surface area contributed by atoms with E-state index >= 15 is 0 Å². The van der Waals surface area contributed by atoms with Crippen LogP contribution in [0.5, 0.6) is 0 Å². The van der Waals surface area contributed by atoms with Gasteiger partial charge in [0.15, 0.2) is 0 Å². The Morgan fingerprint density at radius 2 is 2.20 bits per heavy atom. The van der Waals surface area contributed by atoms with E-state index in [1.807, 2.05) is 0 Å². The van der Waals surface area contributed by atoms with Crippen LogP contribution in [0.2, 0.25) is 0 Å². The SMILES string of the molecule is CCC(C)N1CC(C)(C)C[C@H]1C(=O)OC. The summed E-state index contributed by atoms with van der Waals surface area (Å²) in [5.41, 5.74) is 0.224. The summed E-state index contributed by atoms with van der Waals surface area (Å²) < 4.78 is 4.87. The zero-order valence-corrected chi connectivity index (χ0v) is 10.5. The molecule has 0 aliphatic carbocycles. The standard InChI is InChI=1S/C12H23NO2/c1-6-9(2)13-8-12(3,4)7-10(13)11(14)15-5/h9-10H,6-8H2,1-5H3/t9?,10-/m0/s1. The van der Waals surface area contributed by atoms with Crippen molar-refractivity contribution in [1.82, 2.24) is 4.90 Å². The summed E-state index contributed by atoms with van der Waals surface area (Å²) in [6.07, 6.45) is 1.98. The summed E-state index contributed by atoms with van der Waals surface area (Å²) in [6, 6.07) is 0.413. The minimum Gasteiger partial charge on any atom is -0.468 e. The Morgan fingerprint density at radius 1 is 1.60 bits per heavy atom. The van der Waals surface area contributed by atoms with E-state index in [4.69, 9.17) is 4.74 Å². The van der Waals surface area contributed by atoms with Crippen LogP contribution in [0.1, 0.15) is 40.5 Å². The van der Waals surface area contributed by atoms with E-state index in [0.717, 1.165) is 19.4 Å². The molecule has 1 rings (SSSR count). The number of likely N-dealkylation sites (tertiary alicyclic amines) is 1. The lowest BCUT2D eigenvalue weighted by molar-refractivity contribution is -0.146. The fraction of sp³-hybridized carbons (Fsp3) is 0.917. The Kier molecular flexibility index (Phi) is 3.77. The molecule has 0 saturated carbocycles. The van der Waals surface area contributed by atoms with Gasteiger partial charge in [0.05, 0.1) is 7.11 Å². The van der Waals surface area contributed by atoms with Crippen molar-refractivity contribution in [3.05, 3.63) is 0 Å². The highest BCUT2D eigenvalue weighted by molar-refractivity contribution is 5.76. The zero-order valence-electron chi connectivity index (χ0n) is 10.5. The molecular weight excluding hydrogens is 190 g/mol. The molecule has 0 spiro atoms. The molecule has 0 radical (unpaired) electrons. The summed E-state index contributed by atoms with van der Waals surface area (Å²) in [5, 5.41) is 0. The van der Waals surface area contributed by atoms with Gasteiger partial charge < -0.3 is 4.74 Å². The molecule has 0 aromatic carbocycles. The normalized spacial score (nSPS) is 27.7. The molecule has 3 nitrogen and oxygen atoms in total. The molecule has 1 saturated heterocycles. The highest BCUT2D eigenvalue weighted by Gasteiger charge is 2.43. The largest absolute Gasteiger partial charge is 0.468 e. The minimum absolute atomic E-state index is 0.0417. The number of carbonyl (C=O) groups excluding carboxylic acids is 1. The second kappa shape index (κ2) is 4.52. The highest BCUT2D eigenvalue weighted by atomic mass is 16.5. The van der Waals surface area contributed by atoms with E-state index in [0.29, 0.717) is 6.04 Å². The maximum atomic E-state index is 11.7. The lowest BCUT2D eigenvalue weighted by Gasteiger charge is -2.28. The molecule has 0 aromatic heterocycles. The molecule has 88 valence electrons. The third-order valence-electron chi connectivity index (χ3n) is 3.39. The quantitative estimate of drug-likeness (QED) is 0.672. The van der Waals surface area contributed by atoms with Crippen LogP contribution in [-0.4, -0.2) is 36.6 Å². The summed E-state index contributed by atoms with van der Waals surface area (Å²) >= 11 is 0. The van der Waals surface area contributed by atoms with E-state index < -0.39 is 0 Å². The van der Waals surface area contributed by atoms with Crippen LogP contribution >= 0.6 is 0 Å². The Labute approximate surface area is 92.8 Å². The van der Waals surface area contributed by atoms with Gasteiger partial charge in [0, 0.05) is 12.6 Å². The Balaban J connectivity index is 2.79. The number of rotatable bonds is 3. The predicted octanol–water partition coefficient (Wildman–Crippen LogP) is 2.06. The highest BCUT2D eigenvalue weighted by Crippen LogP contribution is 2.36. The predicted molar refractivity (Wildman–Crippen MR) is 60.7 cm³/mol. The molecule has 0 N–H and O–H groups in total. The molecule has 1 unspecified atom stereocenters. The van der Waals surface area contributed by atoms with Gasteiger partial charge in [-0.3, -0.25) is 9.69 Å². The van der Waals surface area contributed by atoms with Crippen LogP contribution < -0.4 is 0 Å². The molecule has 1 aliphatic heterocycles. The second-order valence-electron chi connectivity index (χ2n) is 5.34. The van der Waals surface area contributed by atoms with Gasteiger partial charge in [0.1, 0.15) is 6.04 Å². The van der Waals surface area contributed by atoms with E-state index in [9.17, 15) is 4.79 Å². The smallest absolute Gasteiger partial charge is 0.323 e. The fourth-order valence-corrected chi connectivity index (χ4v) is 2.36. The molecular formula is C12H23NO2. The van der Waals surface area contributed by atoms with Gasteiger partial charge in [0.2, 0.25) is 0 Å². The van der Waals surface area contributed by atoms with Crippen LogP contribution in [0.3, 0.4) is 0 Å². The summed E-state index contributed by atoms with van der Waals surface area (Å²) in [5.74, 6) is -0.0825. The van der Waals surface area contributed by atoms with Crippen molar-refractivity contribution in [3.63, 3.8) is 0 Å². The van der Waals surface area contributed by atoms with Crippen molar-refractivity contribution in [1.29, 1.82) is 0 Å². The van der Waals surface area contributed by atoms with Crippen molar-refractivity contribution in [3.8, 4) is 0 Å². The van der Waals surface area contributed by atoms with Gasteiger partial charge in [-0.05, 0) is 25.2 Å². The van der Waals surface area contributed by atoms with E-state index in [2.05, 4.69) is 32.6 Å². The van der Waals surface area contributed by atoms with Gasteiger partial charge in [-0.2, -0.15) is 0 Å². The van der Waals surface area contributed by atoms with Gasteiger partial charge in [-0.1, -0.05) is 20.8 Å². The van der Waals surface area contributed by atoms with E-state index in [-0.39, 0.29) is 17.4 Å². The molecule has 1 fully saturated rings. The van der Waals surface area contributed by atoms with Crippen molar-refractivity contribution in [2.24, 2.45) is 5.41 Å². The number of carbonyl (C=O) groups is 1. The number of hydrogen-bond donors (Lipinski definition) is 0.